The summed E-state index contributed by atoms with van der Waals surface area (Å²) in [6.07, 6.45) is 9.45. The maximum atomic E-state index is 10.3. The zero-order valence-electron chi connectivity index (χ0n) is 12.7. The van der Waals surface area contributed by atoms with Crippen LogP contribution in [0.15, 0.2) is 24.3 Å². The Hall–Kier alpha value is -1.02. The molecule has 1 N–H and O–H groups in total. The SMILES string of the molecule is CCCCOc1ccc(C(O)CC2CCCCC2)cc1. The summed E-state index contributed by atoms with van der Waals surface area (Å²) in [5.41, 5.74) is 1.03. The van der Waals surface area contributed by atoms with Gasteiger partial charge in [-0.1, -0.05) is 57.6 Å². The molecule has 1 fully saturated rings. The Kier molecular flexibility index (Phi) is 6.38. The predicted octanol–water partition coefficient (Wildman–Crippen LogP) is 4.87. The van der Waals surface area contributed by atoms with Gasteiger partial charge in [-0.25, -0.2) is 0 Å². The third-order valence-electron chi connectivity index (χ3n) is 4.31. The summed E-state index contributed by atoms with van der Waals surface area (Å²) < 4.78 is 5.65. The van der Waals surface area contributed by atoms with E-state index in [0.717, 1.165) is 37.2 Å². The largest absolute Gasteiger partial charge is 0.494 e. The first-order chi connectivity index (χ1) is 9.79. The van der Waals surface area contributed by atoms with Gasteiger partial charge in [0.1, 0.15) is 5.75 Å². The van der Waals surface area contributed by atoms with Crippen molar-refractivity contribution < 1.29 is 9.84 Å². The van der Waals surface area contributed by atoms with Crippen molar-refractivity contribution in [3.63, 3.8) is 0 Å². The number of ether oxygens (including phenoxy) is 1. The summed E-state index contributed by atoms with van der Waals surface area (Å²) >= 11 is 0. The second-order valence-corrected chi connectivity index (χ2v) is 6.03. The maximum absolute atomic E-state index is 10.3. The van der Waals surface area contributed by atoms with Crippen molar-refractivity contribution >= 4 is 0 Å². The molecule has 0 spiro atoms. The zero-order valence-corrected chi connectivity index (χ0v) is 12.7. The molecule has 1 atom stereocenters. The van der Waals surface area contributed by atoms with E-state index in [1.807, 2.05) is 24.3 Å². The molecule has 1 aromatic carbocycles. The molecule has 0 bridgehead atoms. The van der Waals surface area contributed by atoms with Gasteiger partial charge in [-0.2, -0.15) is 0 Å². The molecule has 0 amide bonds. The van der Waals surface area contributed by atoms with Gasteiger partial charge in [0.2, 0.25) is 0 Å². The highest BCUT2D eigenvalue weighted by Gasteiger charge is 2.18. The second kappa shape index (κ2) is 8.31. The lowest BCUT2D eigenvalue weighted by Gasteiger charge is -2.24. The maximum Gasteiger partial charge on any atom is 0.119 e. The lowest BCUT2D eigenvalue weighted by molar-refractivity contribution is 0.131. The lowest BCUT2D eigenvalue weighted by Crippen LogP contribution is -2.11. The molecule has 0 heterocycles. The van der Waals surface area contributed by atoms with Crippen molar-refractivity contribution in [2.24, 2.45) is 5.92 Å². The minimum atomic E-state index is -0.317. The van der Waals surface area contributed by atoms with Crippen LogP contribution >= 0.6 is 0 Å². The Labute approximate surface area is 123 Å². The fourth-order valence-corrected chi connectivity index (χ4v) is 3.00. The van der Waals surface area contributed by atoms with Crippen molar-refractivity contribution in [2.45, 2.75) is 64.4 Å². The van der Waals surface area contributed by atoms with Gasteiger partial charge in [-0.3, -0.25) is 0 Å². The molecule has 1 aliphatic rings. The fourth-order valence-electron chi connectivity index (χ4n) is 3.00. The molecular weight excluding hydrogens is 248 g/mol. The van der Waals surface area contributed by atoms with Crippen molar-refractivity contribution in [3.05, 3.63) is 29.8 Å². The number of aliphatic hydroxyl groups is 1. The summed E-state index contributed by atoms with van der Waals surface area (Å²) in [7, 11) is 0. The van der Waals surface area contributed by atoms with Crippen LogP contribution in [0.5, 0.6) is 5.75 Å². The minimum absolute atomic E-state index is 0.317. The molecule has 0 aliphatic heterocycles. The molecule has 0 aromatic heterocycles. The standard InChI is InChI=1S/C18H28O2/c1-2-3-13-20-17-11-9-16(10-12-17)18(19)14-15-7-5-4-6-8-15/h9-12,15,18-19H,2-8,13-14H2,1H3. The van der Waals surface area contributed by atoms with Crippen LogP contribution in [0.25, 0.3) is 0 Å². The molecule has 112 valence electrons. The molecule has 0 radical (unpaired) electrons. The van der Waals surface area contributed by atoms with Crippen molar-refractivity contribution in [3.8, 4) is 5.75 Å². The van der Waals surface area contributed by atoms with Crippen LogP contribution in [0.4, 0.5) is 0 Å². The van der Waals surface area contributed by atoms with Crippen molar-refractivity contribution in [1.29, 1.82) is 0 Å². The second-order valence-electron chi connectivity index (χ2n) is 6.03. The average molecular weight is 276 g/mol. The Bertz CT molecular complexity index is 366. The molecular formula is C18H28O2. The molecule has 2 heteroatoms. The number of unbranched alkanes of at least 4 members (excludes halogenated alkanes) is 1. The van der Waals surface area contributed by atoms with E-state index in [0.29, 0.717) is 5.92 Å². The minimum Gasteiger partial charge on any atom is -0.494 e. The number of benzene rings is 1. The van der Waals surface area contributed by atoms with Crippen molar-refractivity contribution in [1.82, 2.24) is 0 Å². The molecule has 1 aliphatic carbocycles. The van der Waals surface area contributed by atoms with E-state index in [-0.39, 0.29) is 6.10 Å². The molecule has 20 heavy (non-hydrogen) atoms. The van der Waals surface area contributed by atoms with Gasteiger partial charge >= 0.3 is 0 Å². The van der Waals surface area contributed by atoms with Gasteiger partial charge in [0.05, 0.1) is 12.7 Å². The van der Waals surface area contributed by atoms with Gasteiger partial charge in [0, 0.05) is 0 Å². The highest BCUT2D eigenvalue weighted by molar-refractivity contribution is 5.28. The lowest BCUT2D eigenvalue weighted by atomic mass is 9.84. The third-order valence-corrected chi connectivity index (χ3v) is 4.31. The van der Waals surface area contributed by atoms with Gasteiger partial charge < -0.3 is 9.84 Å². The van der Waals surface area contributed by atoms with Gasteiger partial charge in [-0.15, -0.1) is 0 Å². The van der Waals surface area contributed by atoms with Crippen LogP contribution in [0.3, 0.4) is 0 Å². The van der Waals surface area contributed by atoms with E-state index in [4.69, 9.17) is 4.74 Å². The quantitative estimate of drug-likeness (QED) is 0.720. The normalized spacial score (nSPS) is 17.9. The monoisotopic (exact) mass is 276 g/mol. The average Bonchev–Trinajstić information content (AvgIpc) is 2.49. The summed E-state index contributed by atoms with van der Waals surface area (Å²) in [5, 5.41) is 10.3. The number of aliphatic hydroxyl groups excluding tert-OH is 1. The Morgan fingerprint density at radius 1 is 1.15 bits per heavy atom. The van der Waals surface area contributed by atoms with Crippen LogP contribution in [0, 0.1) is 5.92 Å². The Morgan fingerprint density at radius 2 is 1.85 bits per heavy atom. The predicted molar refractivity (Wildman–Crippen MR) is 83.0 cm³/mol. The zero-order chi connectivity index (χ0) is 14.2. The Morgan fingerprint density at radius 3 is 2.50 bits per heavy atom. The smallest absolute Gasteiger partial charge is 0.119 e. The first kappa shape index (κ1) is 15.4. The van der Waals surface area contributed by atoms with Gasteiger partial charge in [-0.05, 0) is 36.5 Å². The van der Waals surface area contributed by atoms with E-state index >= 15 is 0 Å². The molecule has 1 unspecified atom stereocenters. The van der Waals surface area contributed by atoms with Gasteiger partial charge in [0.15, 0.2) is 0 Å². The summed E-state index contributed by atoms with van der Waals surface area (Å²) in [5.74, 6) is 1.62. The van der Waals surface area contributed by atoms with Crippen molar-refractivity contribution in [2.75, 3.05) is 6.61 Å². The third kappa shape index (κ3) is 4.82. The van der Waals surface area contributed by atoms with E-state index in [2.05, 4.69) is 6.92 Å². The fraction of sp³-hybridized carbons (Fsp3) is 0.667. The van der Waals surface area contributed by atoms with E-state index < -0.39 is 0 Å². The summed E-state index contributed by atoms with van der Waals surface area (Å²) in [6.45, 7) is 2.94. The number of hydrogen-bond acceptors (Lipinski definition) is 2. The first-order valence-corrected chi connectivity index (χ1v) is 8.20. The van der Waals surface area contributed by atoms with E-state index in [9.17, 15) is 5.11 Å². The molecule has 1 aromatic rings. The number of hydrogen-bond donors (Lipinski definition) is 1. The summed E-state index contributed by atoms with van der Waals surface area (Å²) in [4.78, 5) is 0. The van der Waals surface area contributed by atoms with Gasteiger partial charge in [0.25, 0.3) is 0 Å². The molecule has 1 saturated carbocycles. The molecule has 0 saturated heterocycles. The molecule has 2 nitrogen and oxygen atoms in total. The first-order valence-electron chi connectivity index (χ1n) is 8.20. The highest BCUT2D eigenvalue weighted by Crippen LogP contribution is 2.32. The van der Waals surface area contributed by atoms with Crippen LogP contribution in [0.2, 0.25) is 0 Å². The highest BCUT2D eigenvalue weighted by atomic mass is 16.5. The number of rotatable bonds is 7. The topological polar surface area (TPSA) is 29.5 Å². The molecule has 2 rings (SSSR count). The van der Waals surface area contributed by atoms with Crippen LogP contribution < -0.4 is 4.74 Å². The van der Waals surface area contributed by atoms with E-state index in [1.165, 1.54) is 32.1 Å². The summed E-state index contributed by atoms with van der Waals surface area (Å²) in [6, 6.07) is 7.98. The van der Waals surface area contributed by atoms with E-state index in [1.54, 1.807) is 0 Å². The van der Waals surface area contributed by atoms with Crippen LogP contribution in [-0.4, -0.2) is 11.7 Å². The van der Waals surface area contributed by atoms with Crippen LogP contribution in [0.1, 0.15) is 70.0 Å². The Balaban J connectivity index is 1.81. The van der Waals surface area contributed by atoms with Crippen LogP contribution in [-0.2, 0) is 0 Å².